The summed E-state index contributed by atoms with van der Waals surface area (Å²) in [7, 11) is 1.42. The van der Waals surface area contributed by atoms with Gasteiger partial charge in [0, 0.05) is 12.1 Å². The lowest BCUT2D eigenvalue weighted by Gasteiger charge is -2.25. The van der Waals surface area contributed by atoms with Crippen molar-refractivity contribution in [1.29, 1.82) is 0 Å². The number of ether oxygens (including phenoxy) is 2. The lowest BCUT2D eigenvalue weighted by molar-refractivity contribution is 0.0825. The van der Waals surface area contributed by atoms with Crippen LogP contribution in [0.25, 0.3) is 0 Å². The number of hydrogen-bond acceptors (Lipinski definition) is 6. The minimum Gasteiger partial charge on any atom is -0.508 e. The van der Waals surface area contributed by atoms with E-state index in [0.717, 1.165) is 0 Å². The number of benzene rings is 2. The highest BCUT2D eigenvalue weighted by atomic mass is 16.5. The minimum absolute atomic E-state index is 0.0321. The van der Waals surface area contributed by atoms with Crippen LogP contribution >= 0.6 is 0 Å². The van der Waals surface area contributed by atoms with Gasteiger partial charge in [-0.1, -0.05) is 6.07 Å². The Morgan fingerprint density at radius 2 is 1.96 bits per heavy atom. The Kier molecular flexibility index (Phi) is 3.73. The molecule has 1 aliphatic rings. The summed E-state index contributed by atoms with van der Waals surface area (Å²) in [4.78, 5) is 12.7. The van der Waals surface area contributed by atoms with E-state index in [-0.39, 0.29) is 35.4 Å². The normalized spacial score (nSPS) is 16.6. The quantitative estimate of drug-likeness (QED) is 0.752. The number of hydrogen-bond donors (Lipinski definition) is 3. The zero-order chi connectivity index (χ0) is 16.6. The van der Waals surface area contributed by atoms with Crippen molar-refractivity contribution in [1.82, 2.24) is 0 Å². The van der Waals surface area contributed by atoms with E-state index in [4.69, 9.17) is 9.47 Å². The summed E-state index contributed by atoms with van der Waals surface area (Å²) in [6.45, 7) is 0.167. The fraction of sp³-hybridized carbons (Fsp3) is 0.235. The third-order valence-corrected chi connectivity index (χ3v) is 3.85. The second kappa shape index (κ2) is 5.72. The third kappa shape index (κ3) is 2.75. The maximum Gasteiger partial charge on any atom is 0.177 e. The zero-order valence-electron chi connectivity index (χ0n) is 12.4. The zero-order valence-corrected chi connectivity index (χ0v) is 12.4. The number of methoxy groups -OCH3 is 1. The van der Waals surface area contributed by atoms with Gasteiger partial charge in [0.1, 0.15) is 22.8 Å². The van der Waals surface area contributed by atoms with Gasteiger partial charge in [-0.25, -0.2) is 0 Å². The van der Waals surface area contributed by atoms with Crippen molar-refractivity contribution in [3.05, 3.63) is 41.5 Å². The van der Waals surface area contributed by atoms with Gasteiger partial charge in [-0.15, -0.1) is 0 Å². The van der Waals surface area contributed by atoms with Gasteiger partial charge in [0.25, 0.3) is 0 Å². The van der Waals surface area contributed by atoms with Gasteiger partial charge in [-0.3, -0.25) is 4.79 Å². The van der Waals surface area contributed by atoms with Gasteiger partial charge in [0.05, 0.1) is 19.6 Å². The van der Waals surface area contributed by atoms with Crippen LogP contribution in [0.1, 0.15) is 15.9 Å². The number of Topliss-reactive ketones (excluding diaryl/α,β-unsaturated/α-hetero) is 1. The van der Waals surface area contributed by atoms with Crippen LogP contribution in [0.4, 0.5) is 0 Å². The van der Waals surface area contributed by atoms with Crippen LogP contribution in [0.15, 0.2) is 30.3 Å². The summed E-state index contributed by atoms with van der Waals surface area (Å²) in [6.07, 6.45) is 0.357. The van der Waals surface area contributed by atoms with Gasteiger partial charge in [-0.2, -0.15) is 0 Å². The Morgan fingerprint density at radius 1 is 1.17 bits per heavy atom. The van der Waals surface area contributed by atoms with Crippen LogP contribution in [0, 0.1) is 5.92 Å². The van der Waals surface area contributed by atoms with Crippen molar-refractivity contribution >= 4 is 5.78 Å². The molecule has 0 saturated heterocycles. The van der Waals surface area contributed by atoms with E-state index in [2.05, 4.69) is 0 Å². The molecule has 120 valence electrons. The fourth-order valence-electron chi connectivity index (χ4n) is 2.70. The van der Waals surface area contributed by atoms with Crippen LogP contribution in [-0.4, -0.2) is 34.8 Å². The summed E-state index contributed by atoms with van der Waals surface area (Å²) in [6, 6.07) is 7.21. The highest BCUT2D eigenvalue weighted by Gasteiger charge is 2.32. The first kappa shape index (κ1) is 15.0. The molecule has 2 aromatic carbocycles. The van der Waals surface area contributed by atoms with Crippen molar-refractivity contribution < 1.29 is 29.6 Å². The molecular weight excluding hydrogens is 300 g/mol. The first-order valence-corrected chi connectivity index (χ1v) is 7.08. The maximum atomic E-state index is 12.7. The SMILES string of the molecule is COc1cc(O)cc2c1C(=O)C(Cc1ccc(O)c(O)c1)CO2. The predicted octanol–water partition coefficient (Wildman–Crippen LogP) is 2.25. The number of phenolic OH excluding ortho intramolecular Hbond substituents is 3. The number of aromatic hydroxyl groups is 3. The Labute approximate surface area is 132 Å². The molecule has 2 aromatic rings. The molecule has 6 heteroatoms. The molecule has 0 amide bonds. The van der Waals surface area contributed by atoms with E-state index in [1.54, 1.807) is 6.07 Å². The standard InChI is InChI=1S/C17H16O6/c1-22-14-6-11(18)7-15-16(14)17(21)10(8-23-15)4-9-2-3-12(19)13(20)5-9/h2-3,5-7,10,18-20H,4,8H2,1H3. The molecule has 0 spiro atoms. The number of rotatable bonds is 3. The molecule has 3 rings (SSSR count). The van der Waals surface area contributed by atoms with Gasteiger partial charge < -0.3 is 24.8 Å². The summed E-state index contributed by atoms with van der Waals surface area (Å²) < 4.78 is 10.7. The maximum absolute atomic E-state index is 12.7. The molecule has 0 fully saturated rings. The number of carbonyl (C=O) groups is 1. The van der Waals surface area contributed by atoms with Crippen molar-refractivity contribution in [2.75, 3.05) is 13.7 Å². The molecule has 23 heavy (non-hydrogen) atoms. The van der Waals surface area contributed by atoms with Crippen molar-refractivity contribution in [3.63, 3.8) is 0 Å². The second-order valence-corrected chi connectivity index (χ2v) is 5.42. The van der Waals surface area contributed by atoms with E-state index in [1.165, 1.54) is 31.4 Å². The van der Waals surface area contributed by atoms with Gasteiger partial charge in [0.15, 0.2) is 17.3 Å². The topological polar surface area (TPSA) is 96.2 Å². The predicted molar refractivity (Wildman–Crippen MR) is 81.4 cm³/mol. The average molecular weight is 316 g/mol. The molecule has 0 saturated carbocycles. The number of ketones is 1. The van der Waals surface area contributed by atoms with Gasteiger partial charge in [0.2, 0.25) is 0 Å². The molecule has 0 aromatic heterocycles. The van der Waals surface area contributed by atoms with Crippen LogP contribution < -0.4 is 9.47 Å². The molecule has 3 N–H and O–H groups in total. The minimum atomic E-state index is -0.440. The van der Waals surface area contributed by atoms with Crippen LogP contribution in [0.5, 0.6) is 28.7 Å². The summed E-state index contributed by atoms with van der Waals surface area (Å²) in [5, 5.41) is 28.5. The smallest absolute Gasteiger partial charge is 0.177 e. The number of phenols is 3. The molecular formula is C17H16O6. The summed E-state index contributed by atoms with van der Waals surface area (Å²) >= 11 is 0. The number of fused-ring (bicyclic) bond motifs is 1. The van der Waals surface area contributed by atoms with Crippen molar-refractivity contribution in [2.45, 2.75) is 6.42 Å². The lowest BCUT2D eigenvalue weighted by Crippen LogP contribution is -2.30. The van der Waals surface area contributed by atoms with E-state index < -0.39 is 5.92 Å². The molecule has 1 atom stereocenters. The van der Waals surface area contributed by atoms with Crippen LogP contribution in [0.2, 0.25) is 0 Å². The Hall–Kier alpha value is -2.89. The van der Waals surface area contributed by atoms with Crippen LogP contribution in [0.3, 0.4) is 0 Å². The molecule has 6 nitrogen and oxygen atoms in total. The highest BCUT2D eigenvalue weighted by molar-refractivity contribution is 6.04. The van der Waals surface area contributed by atoms with E-state index >= 15 is 0 Å². The Bertz CT molecular complexity index is 751. The number of carbonyl (C=O) groups excluding carboxylic acids is 1. The van der Waals surface area contributed by atoms with E-state index in [0.29, 0.717) is 23.3 Å². The largest absolute Gasteiger partial charge is 0.508 e. The van der Waals surface area contributed by atoms with E-state index in [9.17, 15) is 20.1 Å². The molecule has 1 heterocycles. The summed E-state index contributed by atoms with van der Waals surface area (Å²) in [5.41, 5.74) is 1.02. The fourth-order valence-corrected chi connectivity index (χ4v) is 2.70. The van der Waals surface area contributed by atoms with E-state index in [1.807, 2.05) is 0 Å². The van der Waals surface area contributed by atoms with Crippen molar-refractivity contribution in [3.8, 4) is 28.7 Å². The van der Waals surface area contributed by atoms with Crippen molar-refractivity contribution in [2.24, 2.45) is 5.92 Å². The molecule has 0 aliphatic carbocycles. The molecule has 0 bridgehead atoms. The molecule has 1 aliphatic heterocycles. The lowest BCUT2D eigenvalue weighted by atomic mass is 9.89. The van der Waals surface area contributed by atoms with Crippen LogP contribution in [-0.2, 0) is 6.42 Å². The van der Waals surface area contributed by atoms with Gasteiger partial charge >= 0.3 is 0 Å². The first-order chi connectivity index (χ1) is 11.0. The summed E-state index contributed by atoms with van der Waals surface area (Å²) in [5.74, 6) is -0.479. The second-order valence-electron chi connectivity index (χ2n) is 5.42. The monoisotopic (exact) mass is 316 g/mol. The Morgan fingerprint density at radius 3 is 2.65 bits per heavy atom. The van der Waals surface area contributed by atoms with Gasteiger partial charge in [-0.05, 0) is 24.1 Å². The Balaban J connectivity index is 1.90. The molecule has 1 unspecified atom stereocenters. The first-order valence-electron chi connectivity index (χ1n) is 7.08. The average Bonchev–Trinajstić information content (AvgIpc) is 2.52. The molecule has 0 radical (unpaired) electrons. The highest BCUT2D eigenvalue weighted by Crippen LogP contribution is 2.39. The third-order valence-electron chi connectivity index (χ3n) is 3.85.